The molecule has 0 aliphatic heterocycles. The van der Waals surface area contributed by atoms with Crippen LogP contribution in [0.1, 0.15) is 1.43 Å². The maximum Gasteiger partial charge on any atom is 1.00 e. The van der Waals surface area contributed by atoms with Crippen LogP contribution in [0.15, 0.2) is 0 Å². The third-order valence-electron chi connectivity index (χ3n) is 0. The molecule has 1 atom stereocenters. The van der Waals surface area contributed by atoms with E-state index in [1.54, 1.807) is 0 Å². The first-order chi connectivity index (χ1) is 5.20. The smallest absolute Gasteiger partial charge is 1.00 e. The molecule has 0 saturated carbocycles. The summed E-state index contributed by atoms with van der Waals surface area (Å²) in [6, 6.07) is 0. The van der Waals surface area contributed by atoms with Gasteiger partial charge in [0.05, 0.1) is 0 Å². The minimum atomic E-state index is -3.67. The summed E-state index contributed by atoms with van der Waals surface area (Å²) in [6.07, 6.45) is 0. The number of hydrogen-bond donors (Lipinski definition) is 1. The Morgan fingerprint density at radius 3 is 1.08 bits per heavy atom. The van der Waals surface area contributed by atoms with Crippen LogP contribution >= 0.6 is 0 Å². The van der Waals surface area contributed by atoms with E-state index < -0.39 is 24.6 Å². The maximum atomic E-state index is 9.67. The average Bonchev–Trinajstić information content (AvgIpc) is 1.54. The van der Waals surface area contributed by atoms with Crippen molar-refractivity contribution >= 4 is 11.3 Å². The molecule has 80 valence electrons. The molecule has 0 saturated heterocycles. The van der Waals surface area contributed by atoms with Gasteiger partial charge in [-0.3, -0.25) is 9.35 Å². The van der Waals surface area contributed by atoms with E-state index in [4.69, 9.17) is 8.76 Å². The van der Waals surface area contributed by atoms with Gasteiger partial charge in [0.2, 0.25) is 0 Å². The number of halogens is 6. The molecule has 0 aromatic heterocycles. The molecule has 0 rings (SSSR count). The monoisotopic (exact) mass is 228 g/mol. The van der Waals surface area contributed by atoms with Crippen LogP contribution in [0.5, 0.6) is 0 Å². The van der Waals surface area contributed by atoms with Crippen molar-refractivity contribution in [1.29, 1.82) is 0 Å². The molecule has 0 aliphatic rings. The second-order valence-electron chi connectivity index (χ2n) is 0.755. The fraction of sp³-hybridized carbons (Fsp3) is 1.00. The SMILES string of the molecule is FC(F)F.FC(F)F.NS(=O)[O-].[H-].[Li+]. The van der Waals surface area contributed by atoms with Gasteiger partial charge in [-0.05, 0) is 0 Å². The fourth-order valence-corrected chi connectivity index (χ4v) is 0. The van der Waals surface area contributed by atoms with Crippen LogP contribution in [0.2, 0.25) is 0 Å². The Morgan fingerprint density at radius 2 is 1.08 bits per heavy atom. The summed E-state index contributed by atoms with van der Waals surface area (Å²) in [6.45, 7) is -7.33. The molecule has 13 heavy (non-hydrogen) atoms. The summed E-state index contributed by atoms with van der Waals surface area (Å²) in [7, 11) is 0. The Morgan fingerprint density at radius 1 is 1.08 bits per heavy atom. The summed E-state index contributed by atoms with van der Waals surface area (Å²) in [4.78, 5) is 0. The number of nitrogens with two attached hydrogens (primary N) is 1. The molecular weight excluding hydrogens is 223 g/mol. The van der Waals surface area contributed by atoms with Crippen molar-refractivity contribution in [3.8, 4) is 0 Å². The van der Waals surface area contributed by atoms with Crippen molar-refractivity contribution < 1.29 is 55.4 Å². The van der Waals surface area contributed by atoms with Crippen molar-refractivity contribution in [2.75, 3.05) is 0 Å². The van der Waals surface area contributed by atoms with Crippen LogP contribution in [0, 0.1) is 0 Å². The minimum absolute atomic E-state index is 0. The number of hydrogen-bond acceptors (Lipinski definition) is 2. The molecule has 0 aromatic rings. The third kappa shape index (κ3) is 21000. The van der Waals surface area contributed by atoms with Gasteiger partial charge in [0.15, 0.2) is 0 Å². The Kier molecular flexibility index (Phi) is 32.4. The summed E-state index contributed by atoms with van der Waals surface area (Å²) in [5, 5.41) is 4.03. The van der Waals surface area contributed by atoms with Crippen LogP contribution in [0.25, 0.3) is 0 Å². The van der Waals surface area contributed by atoms with Gasteiger partial charge in [-0.1, -0.05) is 0 Å². The fourth-order valence-electron chi connectivity index (χ4n) is 0. The van der Waals surface area contributed by atoms with Crippen LogP contribution < -0.4 is 24.0 Å². The first-order valence-corrected chi connectivity index (χ1v) is 3.02. The van der Waals surface area contributed by atoms with Crippen LogP contribution in [0.3, 0.4) is 0 Å². The van der Waals surface area contributed by atoms with Gasteiger partial charge < -0.3 is 5.98 Å². The summed E-state index contributed by atoms with van der Waals surface area (Å²) in [5.41, 5.74) is 0. The molecule has 0 fully saturated rings. The Hall–Kier alpha value is 0.247. The Balaban J connectivity index is -0.0000000270. The maximum absolute atomic E-state index is 9.67. The van der Waals surface area contributed by atoms with E-state index in [1.165, 1.54) is 0 Å². The molecule has 0 aromatic carbocycles. The van der Waals surface area contributed by atoms with Crippen molar-refractivity contribution in [2.45, 2.75) is 13.4 Å². The first kappa shape index (κ1) is 23.2. The molecule has 0 bridgehead atoms. The summed E-state index contributed by atoms with van der Waals surface area (Å²) >= 11 is -2.36. The van der Waals surface area contributed by atoms with Crippen LogP contribution in [-0.2, 0) is 11.3 Å². The number of alkyl halides is 6. The molecule has 0 spiro atoms. The minimum Gasteiger partial charge on any atom is -1.00 e. The molecule has 1 unspecified atom stereocenters. The topological polar surface area (TPSA) is 66.2 Å². The zero-order valence-corrected chi connectivity index (χ0v) is 7.04. The van der Waals surface area contributed by atoms with Crippen LogP contribution in [-0.4, -0.2) is 22.1 Å². The van der Waals surface area contributed by atoms with Gasteiger partial charge in [-0.15, -0.1) is 0 Å². The normalized spacial score (nSPS) is 10.3. The quantitative estimate of drug-likeness (QED) is 0.302. The van der Waals surface area contributed by atoms with Crippen molar-refractivity contribution in [2.24, 2.45) is 5.14 Å². The van der Waals surface area contributed by atoms with Crippen molar-refractivity contribution in [3.63, 3.8) is 0 Å². The second-order valence-corrected chi connectivity index (χ2v) is 1.28. The predicted molar refractivity (Wildman–Crippen MR) is 28.4 cm³/mol. The van der Waals surface area contributed by atoms with Gasteiger partial charge in [0.25, 0.3) is 0 Å². The molecule has 0 heterocycles. The average molecular weight is 228 g/mol. The number of rotatable bonds is 0. The van der Waals surface area contributed by atoms with Gasteiger partial charge >= 0.3 is 32.2 Å². The van der Waals surface area contributed by atoms with Crippen molar-refractivity contribution in [1.82, 2.24) is 0 Å². The van der Waals surface area contributed by atoms with Gasteiger partial charge in [0.1, 0.15) is 0 Å². The third-order valence-corrected chi connectivity index (χ3v) is 0. The molecular formula is C2H5F6LiNO2S-. The summed E-state index contributed by atoms with van der Waals surface area (Å²) in [5.74, 6) is 0. The first-order valence-electron chi connectivity index (χ1n) is 1.88. The van der Waals surface area contributed by atoms with E-state index in [1.807, 2.05) is 0 Å². The van der Waals surface area contributed by atoms with E-state index in [2.05, 4.69) is 5.14 Å². The predicted octanol–water partition coefficient (Wildman–Crippen LogP) is -1.79. The molecule has 3 nitrogen and oxygen atoms in total. The van der Waals surface area contributed by atoms with E-state index in [9.17, 15) is 26.3 Å². The van der Waals surface area contributed by atoms with E-state index in [0.717, 1.165) is 0 Å². The molecule has 11 heteroatoms. The summed E-state index contributed by atoms with van der Waals surface area (Å²) < 4.78 is 75.6. The second kappa shape index (κ2) is 18.1. The molecule has 0 radical (unpaired) electrons. The van der Waals surface area contributed by atoms with E-state index in [0.29, 0.717) is 0 Å². The Bertz CT molecular complexity index is 96.3. The van der Waals surface area contributed by atoms with E-state index >= 15 is 0 Å². The largest absolute Gasteiger partial charge is 1.00 e. The molecule has 2 N–H and O–H groups in total. The zero-order valence-electron chi connectivity index (χ0n) is 7.22. The molecule has 0 amide bonds. The van der Waals surface area contributed by atoms with Gasteiger partial charge in [0, 0.05) is 11.3 Å². The molecule has 0 aliphatic carbocycles. The van der Waals surface area contributed by atoms with Crippen molar-refractivity contribution in [3.05, 3.63) is 0 Å². The standard InChI is InChI=1S/2CHF3.Li.H3NO2S.H/c2*2-1(3)4;;1-4(2)3;/h2*1H;;1H2,(H,2,3);/q;;+1;;-1/p-1. The van der Waals surface area contributed by atoms with Gasteiger partial charge in [-0.25, -0.2) is 0 Å². The van der Waals surface area contributed by atoms with Crippen LogP contribution in [0.4, 0.5) is 26.3 Å². The van der Waals surface area contributed by atoms with E-state index in [-0.39, 0.29) is 20.3 Å². The zero-order chi connectivity index (χ0) is 10.7. The Labute approximate surface area is 85.7 Å². The van der Waals surface area contributed by atoms with Gasteiger partial charge in [-0.2, -0.15) is 26.3 Å².